The molecule has 1 aromatic carbocycles. The number of amides is 1. The Kier molecular flexibility index (Phi) is 3.52. The molecule has 0 atom stereocenters. The summed E-state index contributed by atoms with van der Waals surface area (Å²) < 4.78 is 10.5. The molecule has 2 aromatic rings. The molecule has 0 aliphatic carbocycles. The number of carbonyl (C=O) groups is 1. The first kappa shape index (κ1) is 12.9. The van der Waals surface area contributed by atoms with Crippen molar-refractivity contribution in [2.24, 2.45) is 0 Å². The molecule has 1 amide bonds. The van der Waals surface area contributed by atoms with Gasteiger partial charge in [0.05, 0.1) is 31.4 Å². The maximum absolute atomic E-state index is 12.7. The van der Waals surface area contributed by atoms with Crippen LogP contribution in [-0.2, 0) is 4.74 Å². The van der Waals surface area contributed by atoms with Gasteiger partial charge in [0.2, 0.25) is 5.88 Å². The Balaban J connectivity index is 2.06. The fourth-order valence-corrected chi connectivity index (χ4v) is 2.37. The fraction of sp³-hybridized carbons (Fsp3) is 0.333. The molecule has 20 heavy (non-hydrogen) atoms. The van der Waals surface area contributed by atoms with Crippen LogP contribution < -0.4 is 4.74 Å². The van der Waals surface area contributed by atoms with Crippen molar-refractivity contribution < 1.29 is 14.3 Å². The van der Waals surface area contributed by atoms with Crippen molar-refractivity contribution in [3.63, 3.8) is 0 Å². The molecule has 1 saturated heterocycles. The Morgan fingerprint density at radius 3 is 2.80 bits per heavy atom. The fourth-order valence-electron chi connectivity index (χ4n) is 2.37. The van der Waals surface area contributed by atoms with Gasteiger partial charge in [0, 0.05) is 24.5 Å². The molecule has 1 aromatic heterocycles. The number of pyridine rings is 1. The number of rotatable bonds is 2. The van der Waals surface area contributed by atoms with Gasteiger partial charge in [-0.1, -0.05) is 18.2 Å². The zero-order chi connectivity index (χ0) is 13.9. The highest BCUT2D eigenvalue weighted by Crippen LogP contribution is 2.23. The van der Waals surface area contributed by atoms with E-state index in [0.29, 0.717) is 37.7 Å². The number of carbonyl (C=O) groups excluding carboxylic acids is 1. The van der Waals surface area contributed by atoms with E-state index < -0.39 is 0 Å². The topological polar surface area (TPSA) is 51.7 Å². The van der Waals surface area contributed by atoms with E-state index in [1.807, 2.05) is 29.2 Å². The Morgan fingerprint density at radius 2 is 2.05 bits per heavy atom. The van der Waals surface area contributed by atoms with Gasteiger partial charge >= 0.3 is 0 Å². The first-order valence-corrected chi connectivity index (χ1v) is 6.60. The quantitative estimate of drug-likeness (QED) is 0.835. The van der Waals surface area contributed by atoms with Crippen LogP contribution in [0.5, 0.6) is 5.88 Å². The second kappa shape index (κ2) is 5.46. The number of methoxy groups -OCH3 is 1. The van der Waals surface area contributed by atoms with Crippen molar-refractivity contribution in [3.8, 4) is 5.88 Å². The smallest absolute Gasteiger partial charge is 0.254 e. The van der Waals surface area contributed by atoms with Crippen molar-refractivity contribution >= 4 is 16.8 Å². The maximum atomic E-state index is 12.7. The number of hydrogen-bond donors (Lipinski definition) is 0. The summed E-state index contributed by atoms with van der Waals surface area (Å²) >= 11 is 0. The van der Waals surface area contributed by atoms with Crippen LogP contribution in [0.2, 0.25) is 0 Å². The molecule has 0 bridgehead atoms. The third kappa shape index (κ3) is 2.32. The number of ether oxygens (including phenoxy) is 2. The molecule has 1 aliphatic heterocycles. The molecule has 5 heteroatoms. The second-order valence-electron chi connectivity index (χ2n) is 4.63. The molecule has 1 fully saturated rings. The summed E-state index contributed by atoms with van der Waals surface area (Å²) in [6.07, 6.45) is 0. The van der Waals surface area contributed by atoms with Crippen LogP contribution in [-0.4, -0.2) is 49.2 Å². The lowest BCUT2D eigenvalue weighted by Gasteiger charge is -2.27. The van der Waals surface area contributed by atoms with Gasteiger partial charge in [0.1, 0.15) is 0 Å². The van der Waals surface area contributed by atoms with Gasteiger partial charge in [0.25, 0.3) is 5.91 Å². The van der Waals surface area contributed by atoms with Gasteiger partial charge in [-0.3, -0.25) is 4.79 Å². The zero-order valence-electron chi connectivity index (χ0n) is 11.3. The standard InChI is InChI=1S/C15H16N2O3/c1-19-14-10-12(11-4-2-3-5-13(11)16-14)15(18)17-6-8-20-9-7-17/h2-5,10H,6-9H2,1H3. The molecule has 5 nitrogen and oxygen atoms in total. The molecule has 1 aliphatic rings. The Hall–Kier alpha value is -2.14. The highest BCUT2D eigenvalue weighted by atomic mass is 16.5. The molecule has 2 heterocycles. The Labute approximate surface area is 117 Å². The number of benzene rings is 1. The Bertz CT molecular complexity index is 636. The molecule has 0 N–H and O–H groups in total. The van der Waals surface area contributed by atoms with E-state index in [9.17, 15) is 4.79 Å². The monoisotopic (exact) mass is 272 g/mol. The minimum absolute atomic E-state index is 0.00481. The number of fused-ring (bicyclic) bond motifs is 1. The van der Waals surface area contributed by atoms with Crippen LogP contribution >= 0.6 is 0 Å². The van der Waals surface area contributed by atoms with Gasteiger partial charge < -0.3 is 14.4 Å². The summed E-state index contributed by atoms with van der Waals surface area (Å²) in [4.78, 5) is 18.8. The minimum Gasteiger partial charge on any atom is -0.481 e. The lowest BCUT2D eigenvalue weighted by molar-refractivity contribution is 0.0304. The van der Waals surface area contributed by atoms with E-state index in [-0.39, 0.29) is 5.91 Å². The van der Waals surface area contributed by atoms with E-state index >= 15 is 0 Å². The van der Waals surface area contributed by atoms with Gasteiger partial charge in [-0.05, 0) is 6.07 Å². The summed E-state index contributed by atoms with van der Waals surface area (Å²) in [5.41, 5.74) is 1.40. The van der Waals surface area contributed by atoms with E-state index in [1.54, 1.807) is 13.2 Å². The predicted octanol–water partition coefficient (Wildman–Crippen LogP) is 1.72. The second-order valence-corrected chi connectivity index (χ2v) is 4.63. The van der Waals surface area contributed by atoms with Crippen LogP contribution in [0.25, 0.3) is 10.9 Å². The molecular weight excluding hydrogens is 256 g/mol. The molecule has 0 saturated carbocycles. The van der Waals surface area contributed by atoms with Gasteiger partial charge in [-0.2, -0.15) is 0 Å². The molecule has 0 spiro atoms. The first-order chi connectivity index (χ1) is 9.79. The van der Waals surface area contributed by atoms with Crippen LogP contribution in [0, 0.1) is 0 Å². The zero-order valence-corrected chi connectivity index (χ0v) is 11.3. The van der Waals surface area contributed by atoms with Crippen LogP contribution in [0.3, 0.4) is 0 Å². The average Bonchev–Trinajstić information content (AvgIpc) is 2.54. The average molecular weight is 272 g/mol. The SMILES string of the molecule is COc1cc(C(=O)N2CCOCC2)c2ccccc2n1. The third-order valence-corrected chi connectivity index (χ3v) is 3.43. The Morgan fingerprint density at radius 1 is 1.30 bits per heavy atom. The number of aromatic nitrogens is 1. The third-order valence-electron chi connectivity index (χ3n) is 3.43. The first-order valence-electron chi connectivity index (χ1n) is 6.60. The summed E-state index contributed by atoms with van der Waals surface area (Å²) in [6.45, 7) is 2.42. The molecule has 3 rings (SSSR count). The van der Waals surface area contributed by atoms with Crippen LogP contribution in [0.1, 0.15) is 10.4 Å². The van der Waals surface area contributed by atoms with Crippen molar-refractivity contribution in [2.45, 2.75) is 0 Å². The highest BCUT2D eigenvalue weighted by molar-refractivity contribution is 6.06. The summed E-state index contributed by atoms with van der Waals surface area (Å²) in [5.74, 6) is 0.463. The van der Waals surface area contributed by atoms with E-state index in [0.717, 1.165) is 10.9 Å². The van der Waals surface area contributed by atoms with E-state index in [2.05, 4.69) is 4.98 Å². The van der Waals surface area contributed by atoms with Gasteiger partial charge in [-0.15, -0.1) is 0 Å². The minimum atomic E-state index is 0.00481. The van der Waals surface area contributed by atoms with Gasteiger partial charge in [0.15, 0.2) is 0 Å². The largest absolute Gasteiger partial charge is 0.481 e. The van der Waals surface area contributed by atoms with Gasteiger partial charge in [-0.25, -0.2) is 4.98 Å². The van der Waals surface area contributed by atoms with Crippen molar-refractivity contribution in [3.05, 3.63) is 35.9 Å². The van der Waals surface area contributed by atoms with Crippen molar-refractivity contribution in [1.82, 2.24) is 9.88 Å². The molecular formula is C15H16N2O3. The molecule has 0 radical (unpaired) electrons. The lowest BCUT2D eigenvalue weighted by atomic mass is 10.1. The number of hydrogen-bond acceptors (Lipinski definition) is 4. The maximum Gasteiger partial charge on any atom is 0.254 e. The summed E-state index contributed by atoms with van der Waals surface area (Å²) in [5, 5.41) is 0.852. The summed E-state index contributed by atoms with van der Waals surface area (Å²) in [6, 6.07) is 9.31. The number of morpholine rings is 1. The number of nitrogens with zero attached hydrogens (tertiary/aromatic N) is 2. The van der Waals surface area contributed by atoms with Crippen molar-refractivity contribution in [1.29, 1.82) is 0 Å². The summed E-state index contributed by atoms with van der Waals surface area (Å²) in [7, 11) is 1.56. The van der Waals surface area contributed by atoms with Crippen molar-refractivity contribution in [2.75, 3.05) is 33.4 Å². The van der Waals surface area contributed by atoms with Crippen LogP contribution in [0.4, 0.5) is 0 Å². The predicted molar refractivity (Wildman–Crippen MR) is 75.0 cm³/mol. The normalized spacial score (nSPS) is 15.3. The van der Waals surface area contributed by atoms with E-state index in [1.165, 1.54) is 0 Å². The molecule has 0 unspecified atom stereocenters. The molecule has 104 valence electrons. The number of para-hydroxylation sites is 1. The van der Waals surface area contributed by atoms with E-state index in [4.69, 9.17) is 9.47 Å². The van der Waals surface area contributed by atoms with Crippen LogP contribution in [0.15, 0.2) is 30.3 Å². The lowest BCUT2D eigenvalue weighted by Crippen LogP contribution is -2.40. The highest BCUT2D eigenvalue weighted by Gasteiger charge is 2.21.